The molecule has 1 N–H and O–H groups in total. The summed E-state index contributed by atoms with van der Waals surface area (Å²) >= 11 is 7.41. The van der Waals surface area contributed by atoms with Crippen LogP contribution in [0.2, 0.25) is 5.02 Å². The zero-order chi connectivity index (χ0) is 21.1. The summed E-state index contributed by atoms with van der Waals surface area (Å²) in [6.45, 7) is 6.07. The number of amides is 1. The van der Waals surface area contributed by atoms with Gasteiger partial charge in [0.15, 0.2) is 16.7 Å². The van der Waals surface area contributed by atoms with E-state index in [1.165, 1.54) is 18.9 Å². The van der Waals surface area contributed by atoms with E-state index in [2.05, 4.69) is 0 Å². The highest BCUT2D eigenvalue weighted by Gasteiger charge is 2.36. The van der Waals surface area contributed by atoms with Crippen molar-refractivity contribution in [1.82, 2.24) is 4.90 Å². The van der Waals surface area contributed by atoms with Gasteiger partial charge in [-0.2, -0.15) is 0 Å². The van der Waals surface area contributed by atoms with Gasteiger partial charge in [-0.15, -0.1) is 0 Å². The number of aryl methyl sites for hydroxylation is 1. The van der Waals surface area contributed by atoms with Gasteiger partial charge in [0.1, 0.15) is 0 Å². The third kappa shape index (κ3) is 4.60. The van der Waals surface area contributed by atoms with Crippen molar-refractivity contribution in [2.75, 3.05) is 7.11 Å². The summed E-state index contributed by atoms with van der Waals surface area (Å²) in [6, 6.07) is 11.1. The predicted octanol–water partition coefficient (Wildman–Crippen LogP) is 5.77. The number of hydrogen-bond acceptors (Lipinski definition) is 5. The number of methoxy groups -OCH3 is 1. The van der Waals surface area contributed by atoms with Crippen LogP contribution in [0.4, 0.5) is 5.69 Å². The predicted molar refractivity (Wildman–Crippen MR) is 120 cm³/mol. The molecule has 0 aromatic heterocycles. The number of aromatic hydroxyl groups is 1. The Hall–Kier alpha value is -2.44. The van der Waals surface area contributed by atoms with E-state index in [1.807, 2.05) is 45.0 Å². The fraction of sp³-hybridized carbons (Fsp3) is 0.273. The Morgan fingerprint density at radius 3 is 2.62 bits per heavy atom. The quantitative estimate of drug-likeness (QED) is 0.612. The smallest absolute Gasteiger partial charge is 0.266 e. The van der Waals surface area contributed by atoms with Crippen LogP contribution in [0.1, 0.15) is 31.4 Å². The highest BCUT2D eigenvalue weighted by molar-refractivity contribution is 8.18. The van der Waals surface area contributed by atoms with E-state index in [-0.39, 0.29) is 28.5 Å². The number of phenols is 1. The van der Waals surface area contributed by atoms with Crippen molar-refractivity contribution in [3.63, 3.8) is 0 Å². The Bertz CT molecular complexity index is 986. The minimum Gasteiger partial charge on any atom is -0.503 e. The van der Waals surface area contributed by atoms with Gasteiger partial charge in [-0.25, -0.2) is 4.99 Å². The standard InChI is InChI=1S/C22H23ClN2O3S/c1-5-14(3)25-21(27)19(12-15-10-17(23)20(26)18(11-15)28-4)29-22(25)24-16-8-6-13(2)7-9-16/h6-12,14,26H,5H2,1-4H3/b19-12+,24-22?/t14-/m1/s1. The summed E-state index contributed by atoms with van der Waals surface area (Å²) in [5.74, 6) is 0.0371. The molecule has 2 aromatic carbocycles. The SMILES string of the molecule is CC[C@@H](C)N1C(=O)/C(=C\c2cc(Cl)c(O)c(OC)c2)SC1=Nc1ccc(C)cc1. The summed E-state index contributed by atoms with van der Waals surface area (Å²) in [5.41, 5.74) is 2.62. The van der Waals surface area contributed by atoms with E-state index in [1.54, 1.807) is 23.1 Å². The van der Waals surface area contributed by atoms with Crippen LogP contribution in [0.25, 0.3) is 6.08 Å². The summed E-state index contributed by atoms with van der Waals surface area (Å²) in [7, 11) is 1.45. The summed E-state index contributed by atoms with van der Waals surface area (Å²) in [6.07, 6.45) is 2.55. The summed E-state index contributed by atoms with van der Waals surface area (Å²) < 4.78 is 5.15. The van der Waals surface area contributed by atoms with Gasteiger partial charge in [-0.1, -0.05) is 36.2 Å². The van der Waals surface area contributed by atoms with Gasteiger partial charge in [0.2, 0.25) is 0 Å². The maximum Gasteiger partial charge on any atom is 0.266 e. The second-order valence-electron chi connectivity index (χ2n) is 6.83. The number of halogens is 1. The van der Waals surface area contributed by atoms with Gasteiger partial charge in [0.25, 0.3) is 5.91 Å². The molecule has 0 spiro atoms. The maximum absolute atomic E-state index is 13.1. The number of ether oxygens (including phenoxy) is 1. The molecule has 7 heteroatoms. The Morgan fingerprint density at radius 2 is 2.00 bits per heavy atom. The molecule has 152 valence electrons. The maximum atomic E-state index is 13.1. The highest BCUT2D eigenvalue weighted by atomic mass is 35.5. The summed E-state index contributed by atoms with van der Waals surface area (Å²) in [4.78, 5) is 20.1. The third-order valence-electron chi connectivity index (χ3n) is 4.70. The van der Waals surface area contributed by atoms with Gasteiger partial charge in [0, 0.05) is 6.04 Å². The van der Waals surface area contributed by atoms with Crippen LogP contribution in [-0.4, -0.2) is 34.2 Å². The molecule has 1 heterocycles. The fourth-order valence-corrected chi connectivity index (χ4v) is 4.16. The average molecular weight is 431 g/mol. The second-order valence-corrected chi connectivity index (χ2v) is 8.24. The molecule has 1 atom stereocenters. The van der Waals surface area contributed by atoms with Crippen LogP contribution in [-0.2, 0) is 4.79 Å². The number of thioether (sulfide) groups is 1. The first-order valence-electron chi connectivity index (χ1n) is 9.29. The number of carbonyl (C=O) groups is 1. The third-order valence-corrected chi connectivity index (χ3v) is 5.97. The van der Waals surface area contributed by atoms with Crippen LogP contribution < -0.4 is 4.74 Å². The molecular formula is C22H23ClN2O3S. The van der Waals surface area contributed by atoms with Crippen molar-refractivity contribution in [1.29, 1.82) is 0 Å². The Morgan fingerprint density at radius 1 is 1.31 bits per heavy atom. The molecule has 1 saturated heterocycles. The van der Waals surface area contributed by atoms with Gasteiger partial charge >= 0.3 is 0 Å². The molecule has 1 aliphatic heterocycles. The number of nitrogens with zero attached hydrogens (tertiary/aromatic N) is 2. The van der Waals surface area contributed by atoms with Crippen molar-refractivity contribution in [2.45, 2.75) is 33.2 Å². The lowest BCUT2D eigenvalue weighted by molar-refractivity contribution is -0.123. The number of hydrogen-bond donors (Lipinski definition) is 1. The molecule has 5 nitrogen and oxygen atoms in total. The Labute approximate surface area is 180 Å². The monoisotopic (exact) mass is 430 g/mol. The topological polar surface area (TPSA) is 62.1 Å². The fourth-order valence-electron chi connectivity index (χ4n) is 2.85. The second kappa shape index (κ2) is 8.93. The first kappa shape index (κ1) is 21.3. The van der Waals surface area contributed by atoms with E-state index in [0.717, 1.165) is 17.7 Å². The van der Waals surface area contributed by atoms with E-state index in [0.29, 0.717) is 15.6 Å². The molecular weight excluding hydrogens is 408 g/mol. The lowest BCUT2D eigenvalue weighted by atomic mass is 10.1. The normalized spacial score (nSPS) is 18.0. The molecule has 0 unspecified atom stereocenters. The minimum atomic E-state index is -0.121. The molecule has 0 saturated carbocycles. The highest BCUT2D eigenvalue weighted by Crippen LogP contribution is 2.39. The average Bonchev–Trinajstić information content (AvgIpc) is 3.00. The zero-order valence-electron chi connectivity index (χ0n) is 16.8. The molecule has 3 rings (SSSR count). The number of amidine groups is 1. The number of rotatable bonds is 5. The molecule has 0 bridgehead atoms. The Kier molecular flexibility index (Phi) is 6.55. The van der Waals surface area contributed by atoms with Gasteiger partial charge in [0.05, 0.1) is 22.7 Å². The molecule has 1 aliphatic rings. The van der Waals surface area contributed by atoms with Crippen molar-refractivity contribution in [3.8, 4) is 11.5 Å². The van der Waals surface area contributed by atoms with Gasteiger partial charge in [-0.3, -0.25) is 9.69 Å². The molecule has 1 fully saturated rings. The Balaban J connectivity index is 2.01. The van der Waals surface area contributed by atoms with E-state index >= 15 is 0 Å². The van der Waals surface area contributed by atoms with E-state index in [9.17, 15) is 9.90 Å². The van der Waals surface area contributed by atoms with Crippen molar-refractivity contribution in [2.24, 2.45) is 4.99 Å². The minimum absolute atomic E-state index is 0.0167. The van der Waals surface area contributed by atoms with Crippen LogP contribution in [0.15, 0.2) is 46.3 Å². The van der Waals surface area contributed by atoms with Crippen molar-refractivity contribution < 1.29 is 14.6 Å². The molecule has 0 radical (unpaired) electrons. The number of aliphatic imine (C=N–C) groups is 1. The first-order chi connectivity index (χ1) is 13.8. The van der Waals surface area contributed by atoms with E-state index < -0.39 is 0 Å². The summed E-state index contributed by atoms with van der Waals surface area (Å²) in [5, 5.41) is 10.7. The lowest BCUT2D eigenvalue weighted by Crippen LogP contribution is -2.36. The molecule has 0 aliphatic carbocycles. The van der Waals surface area contributed by atoms with Crippen molar-refractivity contribution in [3.05, 3.63) is 57.5 Å². The van der Waals surface area contributed by atoms with Crippen LogP contribution in [0.5, 0.6) is 11.5 Å². The molecule has 2 aromatic rings. The first-order valence-corrected chi connectivity index (χ1v) is 10.5. The number of benzene rings is 2. The molecule has 1 amide bonds. The van der Waals surface area contributed by atoms with Crippen LogP contribution in [0, 0.1) is 6.92 Å². The van der Waals surface area contributed by atoms with E-state index in [4.69, 9.17) is 21.3 Å². The number of phenolic OH excluding ortho intramolecular Hbond substituents is 1. The van der Waals surface area contributed by atoms with Crippen LogP contribution in [0.3, 0.4) is 0 Å². The number of carbonyl (C=O) groups excluding carboxylic acids is 1. The molecule has 29 heavy (non-hydrogen) atoms. The largest absolute Gasteiger partial charge is 0.503 e. The van der Waals surface area contributed by atoms with Gasteiger partial charge in [-0.05, 0) is 67.9 Å². The van der Waals surface area contributed by atoms with Gasteiger partial charge < -0.3 is 9.84 Å². The van der Waals surface area contributed by atoms with Crippen LogP contribution >= 0.6 is 23.4 Å². The lowest BCUT2D eigenvalue weighted by Gasteiger charge is -2.22. The van der Waals surface area contributed by atoms with Crippen molar-refractivity contribution >= 4 is 46.2 Å². The zero-order valence-corrected chi connectivity index (χ0v) is 18.3.